The number of esters is 1. The largest absolute Gasteiger partial charge is 0.481 e. The van der Waals surface area contributed by atoms with Gasteiger partial charge < -0.3 is 14.8 Å². The van der Waals surface area contributed by atoms with Crippen molar-refractivity contribution in [2.24, 2.45) is 0 Å². The summed E-state index contributed by atoms with van der Waals surface area (Å²) in [4.78, 5) is 24.2. The van der Waals surface area contributed by atoms with Crippen LogP contribution in [-0.4, -0.2) is 24.6 Å². The van der Waals surface area contributed by atoms with Crippen LogP contribution in [-0.2, 0) is 14.9 Å². The average molecular weight is 383 g/mol. The van der Waals surface area contributed by atoms with E-state index in [0.29, 0.717) is 23.6 Å². The molecule has 5 heteroatoms. The van der Waals surface area contributed by atoms with Crippen molar-refractivity contribution in [1.29, 1.82) is 0 Å². The van der Waals surface area contributed by atoms with Gasteiger partial charge in [-0.05, 0) is 60.7 Å². The smallest absolute Gasteiger partial charge is 0.338 e. The van der Waals surface area contributed by atoms with E-state index in [2.05, 4.69) is 26.1 Å². The summed E-state index contributed by atoms with van der Waals surface area (Å²) in [6.07, 6.45) is 0.117. The Bertz CT molecular complexity index is 789. The molecule has 0 radical (unpaired) electrons. The normalized spacial score (nSPS) is 12.2. The van der Waals surface area contributed by atoms with Crippen LogP contribution in [0.2, 0.25) is 0 Å². The standard InChI is InChI=1S/C23H29NO4/c1-6-15-27-22(26)17-7-11-19(12-8-17)24-21(25)16(2)28-20-13-9-18(10-14-20)23(3,4)5/h7-14,16H,6,15H2,1-5H3,(H,24,25). The molecule has 0 saturated heterocycles. The number of amides is 1. The highest BCUT2D eigenvalue weighted by atomic mass is 16.5. The van der Waals surface area contributed by atoms with E-state index in [4.69, 9.17) is 9.47 Å². The highest BCUT2D eigenvalue weighted by Gasteiger charge is 2.17. The van der Waals surface area contributed by atoms with Crippen molar-refractivity contribution in [2.75, 3.05) is 11.9 Å². The van der Waals surface area contributed by atoms with Crippen LogP contribution in [0.5, 0.6) is 5.75 Å². The number of hydrogen-bond donors (Lipinski definition) is 1. The summed E-state index contributed by atoms with van der Waals surface area (Å²) in [5.74, 6) is 0.0148. The van der Waals surface area contributed by atoms with Crippen molar-refractivity contribution < 1.29 is 19.1 Å². The van der Waals surface area contributed by atoms with E-state index in [-0.39, 0.29) is 17.3 Å². The number of rotatable bonds is 7. The number of benzene rings is 2. The van der Waals surface area contributed by atoms with Gasteiger partial charge >= 0.3 is 5.97 Å². The molecular weight excluding hydrogens is 354 g/mol. The van der Waals surface area contributed by atoms with Gasteiger partial charge in [0.25, 0.3) is 5.91 Å². The Morgan fingerprint density at radius 1 is 1.00 bits per heavy atom. The monoisotopic (exact) mass is 383 g/mol. The van der Waals surface area contributed by atoms with Crippen molar-refractivity contribution in [3.8, 4) is 5.75 Å². The lowest BCUT2D eigenvalue weighted by Crippen LogP contribution is -2.30. The van der Waals surface area contributed by atoms with Crippen molar-refractivity contribution >= 4 is 17.6 Å². The molecule has 0 bridgehead atoms. The zero-order chi connectivity index (χ0) is 20.7. The minimum atomic E-state index is -0.658. The number of ether oxygens (including phenoxy) is 2. The zero-order valence-electron chi connectivity index (χ0n) is 17.2. The molecule has 1 N–H and O–H groups in total. The van der Waals surface area contributed by atoms with Crippen LogP contribution in [0.4, 0.5) is 5.69 Å². The first kappa shape index (κ1) is 21.5. The minimum absolute atomic E-state index is 0.0661. The fourth-order valence-electron chi connectivity index (χ4n) is 2.50. The molecule has 2 aromatic carbocycles. The summed E-state index contributed by atoms with van der Waals surface area (Å²) in [5.41, 5.74) is 2.32. The number of nitrogens with one attached hydrogen (secondary N) is 1. The Morgan fingerprint density at radius 2 is 1.61 bits per heavy atom. The predicted octanol–water partition coefficient (Wildman–Crippen LogP) is 4.96. The van der Waals surface area contributed by atoms with Gasteiger partial charge in [-0.25, -0.2) is 4.79 Å². The lowest BCUT2D eigenvalue weighted by molar-refractivity contribution is -0.122. The van der Waals surface area contributed by atoms with Crippen molar-refractivity contribution in [1.82, 2.24) is 0 Å². The number of carbonyl (C=O) groups is 2. The third-order valence-electron chi connectivity index (χ3n) is 4.23. The Morgan fingerprint density at radius 3 is 2.14 bits per heavy atom. The Hall–Kier alpha value is -2.82. The summed E-state index contributed by atoms with van der Waals surface area (Å²) in [5, 5.41) is 2.79. The lowest BCUT2D eigenvalue weighted by Gasteiger charge is -2.20. The molecule has 5 nitrogen and oxygen atoms in total. The minimum Gasteiger partial charge on any atom is -0.481 e. The van der Waals surface area contributed by atoms with E-state index in [1.807, 2.05) is 31.2 Å². The van der Waals surface area contributed by atoms with Crippen LogP contribution >= 0.6 is 0 Å². The number of anilines is 1. The third-order valence-corrected chi connectivity index (χ3v) is 4.23. The maximum Gasteiger partial charge on any atom is 0.338 e. The molecule has 0 spiro atoms. The zero-order valence-corrected chi connectivity index (χ0v) is 17.2. The molecule has 0 aliphatic rings. The predicted molar refractivity (Wildman–Crippen MR) is 111 cm³/mol. The van der Waals surface area contributed by atoms with Gasteiger partial charge in [-0.1, -0.05) is 39.8 Å². The molecule has 1 unspecified atom stereocenters. The molecule has 2 aromatic rings. The molecule has 28 heavy (non-hydrogen) atoms. The second-order valence-corrected chi connectivity index (χ2v) is 7.74. The van der Waals surface area contributed by atoms with Gasteiger partial charge in [-0.3, -0.25) is 4.79 Å². The Labute approximate surface area is 167 Å². The van der Waals surface area contributed by atoms with E-state index >= 15 is 0 Å². The van der Waals surface area contributed by atoms with E-state index in [1.165, 1.54) is 5.56 Å². The van der Waals surface area contributed by atoms with E-state index in [9.17, 15) is 9.59 Å². The van der Waals surface area contributed by atoms with Crippen LogP contribution in [0.15, 0.2) is 48.5 Å². The Kier molecular flexibility index (Phi) is 7.21. The first-order valence-corrected chi connectivity index (χ1v) is 9.56. The van der Waals surface area contributed by atoms with Gasteiger partial charge in [0.1, 0.15) is 5.75 Å². The Balaban J connectivity index is 1.92. The molecule has 0 aliphatic heterocycles. The quantitative estimate of drug-likeness (QED) is 0.687. The van der Waals surface area contributed by atoms with Crippen molar-refractivity contribution in [3.63, 3.8) is 0 Å². The molecule has 0 aromatic heterocycles. The molecule has 0 saturated carbocycles. The number of hydrogen-bond acceptors (Lipinski definition) is 4. The van der Waals surface area contributed by atoms with E-state index < -0.39 is 6.10 Å². The van der Waals surface area contributed by atoms with Gasteiger partial charge in [0.15, 0.2) is 6.10 Å². The molecular formula is C23H29NO4. The van der Waals surface area contributed by atoms with Crippen LogP contribution in [0.25, 0.3) is 0 Å². The molecule has 150 valence electrons. The third kappa shape index (κ3) is 6.12. The van der Waals surface area contributed by atoms with E-state index in [1.54, 1.807) is 31.2 Å². The van der Waals surface area contributed by atoms with Crippen molar-refractivity contribution in [3.05, 3.63) is 59.7 Å². The van der Waals surface area contributed by atoms with Crippen LogP contribution < -0.4 is 10.1 Å². The first-order chi connectivity index (χ1) is 13.2. The molecule has 2 rings (SSSR count). The topological polar surface area (TPSA) is 64.6 Å². The lowest BCUT2D eigenvalue weighted by atomic mass is 9.87. The first-order valence-electron chi connectivity index (χ1n) is 9.56. The molecule has 1 atom stereocenters. The van der Waals surface area contributed by atoms with Crippen molar-refractivity contribution in [2.45, 2.75) is 52.6 Å². The maximum absolute atomic E-state index is 12.4. The summed E-state index contributed by atoms with van der Waals surface area (Å²) in [6.45, 7) is 10.5. The SMILES string of the molecule is CCCOC(=O)c1ccc(NC(=O)C(C)Oc2ccc(C(C)(C)C)cc2)cc1. The highest BCUT2D eigenvalue weighted by molar-refractivity contribution is 5.95. The van der Waals surface area contributed by atoms with Crippen LogP contribution in [0, 0.1) is 0 Å². The van der Waals surface area contributed by atoms with Gasteiger partial charge in [0, 0.05) is 5.69 Å². The van der Waals surface area contributed by atoms with Gasteiger partial charge in [0.05, 0.1) is 12.2 Å². The molecule has 0 heterocycles. The summed E-state index contributed by atoms with van der Waals surface area (Å²) in [6, 6.07) is 14.4. The second kappa shape index (κ2) is 9.40. The average Bonchev–Trinajstić information content (AvgIpc) is 2.66. The summed E-state index contributed by atoms with van der Waals surface area (Å²) < 4.78 is 10.8. The highest BCUT2D eigenvalue weighted by Crippen LogP contribution is 2.24. The maximum atomic E-state index is 12.4. The summed E-state index contributed by atoms with van der Waals surface area (Å²) in [7, 11) is 0. The number of carbonyl (C=O) groups excluding carboxylic acids is 2. The fourth-order valence-corrected chi connectivity index (χ4v) is 2.50. The van der Waals surface area contributed by atoms with Gasteiger partial charge in [-0.15, -0.1) is 0 Å². The van der Waals surface area contributed by atoms with Crippen LogP contribution in [0.1, 0.15) is 57.0 Å². The molecule has 0 fully saturated rings. The molecule has 0 aliphatic carbocycles. The van der Waals surface area contributed by atoms with Gasteiger partial charge in [0.2, 0.25) is 0 Å². The summed E-state index contributed by atoms with van der Waals surface area (Å²) >= 11 is 0. The van der Waals surface area contributed by atoms with Gasteiger partial charge in [-0.2, -0.15) is 0 Å². The van der Waals surface area contributed by atoms with E-state index in [0.717, 1.165) is 6.42 Å². The fraction of sp³-hybridized carbons (Fsp3) is 0.391. The second-order valence-electron chi connectivity index (χ2n) is 7.74. The van der Waals surface area contributed by atoms with Crippen LogP contribution in [0.3, 0.4) is 0 Å². The molecule has 1 amide bonds.